The Labute approximate surface area is 160 Å². The molecule has 2 fully saturated rings. The average Bonchev–Trinajstić information content (AvgIpc) is 2.69. The van der Waals surface area contributed by atoms with Gasteiger partial charge in [-0.2, -0.15) is 0 Å². The molecular formula is C19H18N2O7. The lowest BCUT2D eigenvalue weighted by molar-refractivity contribution is -0.204. The van der Waals surface area contributed by atoms with E-state index in [1.165, 1.54) is 0 Å². The molecule has 28 heavy (non-hydrogen) atoms. The third-order valence-electron chi connectivity index (χ3n) is 4.97. The Morgan fingerprint density at radius 1 is 1.18 bits per heavy atom. The molecule has 0 saturated carbocycles. The molecule has 9 nitrogen and oxygen atoms in total. The normalized spacial score (nSPS) is 30.3. The fraction of sp³-hybridized carbons (Fsp3) is 0.368. The number of carbonyl (C=O) groups excluding carboxylic acids is 4. The molecule has 1 aromatic carbocycles. The summed E-state index contributed by atoms with van der Waals surface area (Å²) in [4.78, 5) is 50.7. The number of hydrogen-bond acceptors (Lipinski definition) is 8. The van der Waals surface area contributed by atoms with Crippen molar-refractivity contribution in [1.29, 1.82) is 0 Å². The number of benzene rings is 1. The van der Waals surface area contributed by atoms with Crippen LogP contribution in [0.4, 0.5) is 4.79 Å². The Hall–Kier alpha value is -3.20. The van der Waals surface area contributed by atoms with Gasteiger partial charge in [0.15, 0.2) is 6.23 Å². The summed E-state index contributed by atoms with van der Waals surface area (Å²) in [7, 11) is 0. The predicted octanol–water partition coefficient (Wildman–Crippen LogP) is 0.496. The second kappa shape index (κ2) is 7.08. The lowest BCUT2D eigenvalue weighted by Gasteiger charge is -2.49. The van der Waals surface area contributed by atoms with Crippen molar-refractivity contribution in [2.24, 2.45) is 5.92 Å². The second-order valence-electron chi connectivity index (χ2n) is 6.89. The number of nitrogens with zero attached hydrogens (tertiary/aromatic N) is 1. The molecule has 3 atom stereocenters. The number of amides is 2. The first-order valence-corrected chi connectivity index (χ1v) is 8.85. The highest BCUT2D eigenvalue weighted by Crippen LogP contribution is 2.38. The molecule has 4 aliphatic rings. The average molecular weight is 386 g/mol. The summed E-state index contributed by atoms with van der Waals surface area (Å²) in [5.74, 6) is -2.91. The highest BCUT2D eigenvalue weighted by atomic mass is 16.6. The van der Waals surface area contributed by atoms with E-state index in [9.17, 15) is 19.2 Å². The minimum absolute atomic E-state index is 0.0558. The first-order chi connectivity index (χ1) is 13.5. The summed E-state index contributed by atoms with van der Waals surface area (Å²) in [5, 5.41) is 3.02. The van der Waals surface area contributed by atoms with E-state index >= 15 is 0 Å². The van der Waals surface area contributed by atoms with Crippen molar-refractivity contribution in [3.8, 4) is 0 Å². The van der Waals surface area contributed by atoms with E-state index in [0.29, 0.717) is 6.54 Å². The Kier molecular flexibility index (Phi) is 4.60. The molecule has 1 aromatic rings. The van der Waals surface area contributed by atoms with Crippen molar-refractivity contribution in [3.63, 3.8) is 0 Å². The summed E-state index contributed by atoms with van der Waals surface area (Å²) in [6.45, 7) is 0.390. The number of rotatable bonds is 2. The van der Waals surface area contributed by atoms with Gasteiger partial charge in [0.2, 0.25) is 5.60 Å². The number of fused-ring (bicyclic) bond motifs is 5. The van der Waals surface area contributed by atoms with Crippen LogP contribution in [0.3, 0.4) is 0 Å². The Balaban J connectivity index is 1.64. The maximum atomic E-state index is 13.2. The van der Waals surface area contributed by atoms with Gasteiger partial charge in [-0.3, -0.25) is 4.79 Å². The fourth-order valence-corrected chi connectivity index (χ4v) is 3.70. The number of esters is 2. The molecule has 3 unspecified atom stereocenters. The first kappa shape index (κ1) is 18.2. The number of imide groups is 1. The third-order valence-corrected chi connectivity index (χ3v) is 4.97. The topological polar surface area (TPSA) is 111 Å². The molecule has 1 spiro atoms. The smallest absolute Gasteiger partial charge is 0.420 e. The van der Waals surface area contributed by atoms with Gasteiger partial charge in [0.1, 0.15) is 6.61 Å². The molecule has 2 saturated heterocycles. The van der Waals surface area contributed by atoms with E-state index in [0.717, 1.165) is 22.6 Å². The molecule has 4 heterocycles. The van der Waals surface area contributed by atoms with E-state index in [-0.39, 0.29) is 19.6 Å². The molecule has 0 radical (unpaired) electrons. The Morgan fingerprint density at radius 3 is 2.71 bits per heavy atom. The van der Waals surface area contributed by atoms with Gasteiger partial charge in [0.05, 0.1) is 0 Å². The number of ether oxygens (including phenoxy) is 3. The van der Waals surface area contributed by atoms with Crippen molar-refractivity contribution in [1.82, 2.24) is 10.2 Å². The zero-order chi connectivity index (χ0) is 19.7. The number of piperidine rings is 2. The van der Waals surface area contributed by atoms with Crippen LogP contribution in [0.2, 0.25) is 0 Å². The Bertz CT molecular complexity index is 853. The van der Waals surface area contributed by atoms with Crippen molar-refractivity contribution in [3.05, 3.63) is 48.0 Å². The molecule has 0 aliphatic carbocycles. The maximum Gasteiger partial charge on any atom is 0.420 e. The summed E-state index contributed by atoms with van der Waals surface area (Å²) in [5.41, 5.74) is -0.808. The molecule has 5 rings (SSSR count). The van der Waals surface area contributed by atoms with Gasteiger partial charge in [-0.15, -0.1) is 0 Å². The summed E-state index contributed by atoms with van der Waals surface area (Å²) >= 11 is 0. The number of nitrogens with one attached hydrogen (secondary N) is 1. The van der Waals surface area contributed by atoms with Crippen LogP contribution in [0.1, 0.15) is 12.0 Å². The zero-order valence-electron chi connectivity index (χ0n) is 14.8. The van der Waals surface area contributed by atoms with Crippen LogP contribution >= 0.6 is 0 Å². The highest BCUT2D eigenvalue weighted by Gasteiger charge is 2.60. The van der Waals surface area contributed by atoms with Crippen LogP contribution in [0, 0.1) is 5.92 Å². The maximum absolute atomic E-state index is 13.2. The summed E-state index contributed by atoms with van der Waals surface area (Å²) in [6, 6.07) is 8.96. The lowest BCUT2D eigenvalue weighted by atomic mass is 9.79. The van der Waals surface area contributed by atoms with Gasteiger partial charge < -0.3 is 19.5 Å². The second-order valence-corrected chi connectivity index (χ2v) is 6.89. The van der Waals surface area contributed by atoms with Crippen molar-refractivity contribution >= 4 is 23.9 Å². The van der Waals surface area contributed by atoms with Crippen molar-refractivity contribution < 1.29 is 33.4 Å². The fourth-order valence-electron chi connectivity index (χ4n) is 3.70. The molecule has 3 bridgehead atoms. The van der Waals surface area contributed by atoms with E-state index in [4.69, 9.17) is 14.2 Å². The Morgan fingerprint density at radius 2 is 1.93 bits per heavy atom. The number of carbonyl (C=O) groups is 4. The third kappa shape index (κ3) is 3.24. The minimum Gasteiger partial charge on any atom is -0.444 e. The zero-order valence-corrected chi connectivity index (χ0v) is 14.8. The largest absolute Gasteiger partial charge is 0.444 e. The van der Waals surface area contributed by atoms with E-state index < -0.39 is 41.7 Å². The van der Waals surface area contributed by atoms with Gasteiger partial charge >= 0.3 is 18.0 Å². The first-order valence-electron chi connectivity index (χ1n) is 8.85. The molecule has 4 aliphatic heterocycles. The van der Waals surface area contributed by atoms with Crippen LogP contribution in [-0.4, -0.2) is 53.8 Å². The van der Waals surface area contributed by atoms with Crippen LogP contribution in [-0.2, 0) is 35.2 Å². The van der Waals surface area contributed by atoms with Crippen LogP contribution in [0.15, 0.2) is 42.5 Å². The van der Waals surface area contributed by atoms with Crippen LogP contribution in [0.5, 0.6) is 0 Å². The SMILES string of the molecule is O=C1/C=C/C(=O)OC23CNCC(C2)C(O1)N(C(=O)OCc1ccccc1)C3=O. The molecular weight excluding hydrogens is 368 g/mol. The minimum atomic E-state index is -1.55. The molecule has 146 valence electrons. The van der Waals surface area contributed by atoms with Gasteiger partial charge in [-0.1, -0.05) is 30.3 Å². The monoisotopic (exact) mass is 386 g/mol. The predicted molar refractivity (Wildman–Crippen MR) is 92.3 cm³/mol. The van der Waals surface area contributed by atoms with Gasteiger partial charge in [-0.25, -0.2) is 19.3 Å². The van der Waals surface area contributed by atoms with E-state index in [1.54, 1.807) is 24.3 Å². The van der Waals surface area contributed by atoms with Crippen molar-refractivity contribution in [2.75, 3.05) is 13.1 Å². The molecule has 2 amide bonds. The molecule has 0 aromatic heterocycles. The van der Waals surface area contributed by atoms with Gasteiger partial charge in [0.25, 0.3) is 5.91 Å². The van der Waals surface area contributed by atoms with Crippen LogP contribution in [0.25, 0.3) is 0 Å². The van der Waals surface area contributed by atoms with Crippen molar-refractivity contribution in [2.45, 2.75) is 24.9 Å². The number of hydrogen-bond donors (Lipinski definition) is 1. The molecule has 9 heteroatoms. The summed E-state index contributed by atoms with van der Waals surface area (Å²) in [6.07, 6.45) is -0.124. The molecule has 1 N–H and O–H groups in total. The standard InChI is InChI=1S/C19H18N2O7/c22-14-6-7-15(23)28-19-8-13(9-20-11-19)16(27-14)21(17(19)24)18(25)26-10-12-4-2-1-3-5-12/h1-7,13,16,20H,8-11H2/b7-6+. The quantitative estimate of drug-likeness (QED) is 0.578. The van der Waals surface area contributed by atoms with Gasteiger partial charge in [0, 0.05) is 37.6 Å². The summed E-state index contributed by atoms with van der Waals surface area (Å²) < 4.78 is 16.0. The van der Waals surface area contributed by atoms with Gasteiger partial charge in [-0.05, 0) is 5.56 Å². The van der Waals surface area contributed by atoms with E-state index in [2.05, 4.69) is 5.32 Å². The highest BCUT2D eigenvalue weighted by molar-refractivity contribution is 6.01. The lowest BCUT2D eigenvalue weighted by Crippen LogP contribution is -2.71. The van der Waals surface area contributed by atoms with E-state index in [1.807, 2.05) is 6.07 Å². The van der Waals surface area contributed by atoms with Crippen LogP contribution < -0.4 is 5.32 Å².